The van der Waals surface area contributed by atoms with Crippen molar-refractivity contribution < 1.29 is 19.0 Å². The summed E-state index contributed by atoms with van der Waals surface area (Å²) in [4.78, 5) is 32.2. The Morgan fingerprint density at radius 2 is 1.80 bits per heavy atom. The Morgan fingerprint density at radius 3 is 2.49 bits per heavy atom. The molecule has 9 heteroatoms. The second-order valence-electron chi connectivity index (χ2n) is 9.77. The molecule has 1 atom stereocenters. The number of thiazole rings is 1. The van der Waals surface area contributed by atoms with Crippen LogP contribution in [0.3, 0.4) is 0 Å². The minimum atomic E-state index is -0.654. The van der Waals surface area contributed by atoms with Crippen LogP contribution in [0.5, 0.6) is 11.5 Å². The van der Waals surface area contributed by atoms with Crippen molar-refractivity contribution in [3.8, 4) is 11.5 Å². The van der Waals surface area contributed by atoms with E-state index in [9.17, 15) is 9.59 Å². The van der Waals surface area contributed by atoms with Crippen LogP contribution in [0.4, 0.5) is 0 Å². The second kappa shape index (κ2) is 12.2. The smallest absolute Gasteiger partial charge is 0.338 e. The molecule has 210 valence electrons. The summed E-state index contributed by atoms with van der Waals surface area (Å²) in [5.74, 6) is 0.634. The number of carbonyl (C=O) groups excluding carboxylic acids is 1. The number of methoxy groups -OCH3 is 1. The number of aromatic nitrogens is 1. The third-order valence-electron chi connectivity index (χ3n) is 6.49. The molecule has 0 fully saturated rings. The normalized spacial score (nSPS) is 15.0. The molecule has 4 aromatic rings. The number of fused-ring (bicyclic) bond motifs is 1. The maximum atomic E-state index is 13.8. The van der Waals surface area contributed by atoms with Gasteiger partial charge in [-0.1, -0.05) is 71.5 Å². The van der Waals surface area contributed by atoms with Gasteiger partial charge in [0.1, 0.15) is 6.61 Å². The zero-order valence-electron chi connectivity index (χ0n) is 23.1. The zero-order valence-corrected chi connectivity index (χ0v) is 24.7. The van der Waals surface area contributed by atoms with Gasteiger partial charge in [0.25, 0.3) is 5.56 Å². The molecule has 5 rings (SSSR count). The van der Waals surface area contributed by atoms with E-state index in [1.165, 1.54) is 11.3 Å². The maximum Gasteiger partial charge on any atom is 0.338 e. The predicted octanol–water partition coefficient (Wildman–Crippen LogP) is 5.43. The van der Waals surface area contributed by atoms with Gasteiger partial charge in [-0.3, -0.25) is 9.36 Å². The summed E-state index contributed by atoms with van der Waals surface area (Å²) in [6.07, 6.45) is 1.49. The molecule has 3 aromatic carbocycles. The van der Waals surface area contributed by atoms with Gasteiger partial charge in [0, 0.05) is 5.02 Å². The fourth-order valence-corrected chi connectivity index (χ4v) is 5.77. The number of ether oxygens (including phenoxy) is 3. The van der Waals surface area contributed by atoms with E-state index >= 15 is 0 Å². The van der Waals surface area contributed by atoms with Gasteiger partial charge >= 0.3 is 5.97 Å². The van der Waals surface area contributed by atoms with Gasteiger partial charge in [-0.15, -0.1) is 0 Å². The number of hydrogen-bond donors (Lipinski definition) is 0. The molecule has 1 aromatic heterocycles. The van der Waals surface area contributed by atoms with Crippen LogP contribution in [-0.4, -0.2) is 23.8 Å². The van der Waals surface area contributed by atoms with Gasteiger partial charge in [-0.05, 0) is 67.8 Å². The zero-order chi connectivity index (χ0) is 29.1. The van der Waals surface area contributed by atoms with Crippen LogP contribution in [0, 0.1) is 0 Å². The third kappa shape index (κ3) is 6.14. The molecule has 0 bridgehead atoms. The fraction of sp³-hybridized carbons (Fsp3) is 0.219. The Balaban J connectivity index is 1.52. The largest absolute Gasteiger partial charge is 0.493 e. The summed E-state index contributed by atoms with van der Waals surface area (Å²) < 4.78 is 19.2. The van der Waals surface area contributed by atoms with Gasteiger partial charge in [0.2, 0.25) is 0 Å². The molecule has 0 radical (unpaired) electrons. The molecule has 2 heterocycles. The minimum Gasteiger partial charge on any atom is -0.493 e. The monoisotopic (exact) mass is 588 g/mol. The first-order chi connectivity index (χ1) is 19.7. The first-order valence-corrected chi connectivity index (χ1v) is 14.3. The Kier molecular flexibility index (Phi) is 8.42. The number of halogens is 1. The number of rotatable bonds is 8. The lowest BCUT2D eigenvalue weighted by atomic mass is 9.96. The highest BCUT2D eigenvalue weighted by Crippen LogP contribution is 2.31. The van der Waals surface area contributed by atoms with Gasteiger partial charge in [-0.25, -0.2) is 9.79 Å². The van der Waals surface area contributed by atoms with Crippen molar-refractivity contribution in [1.29, 1.82) is 0 Å². The lowest BCUT2D eigenvalue weighted by Crippen LogP contribution is -2.40. The molecular formula is C32H29ClN2O5S. The van der Waals surface area contributed by atoms with E-state index < -0.39 is 12.0 Å². The van der Waals surface area contributed by atoms with E-state index in [1.807, 2.05) is 72.8 Å². The molecule has 1 aliphatic rings. The van der Waals surface area contributed by atoms with Crippen LogP contribution in [0.2, 0.25) is 5.02 Å². The summed E-state index contributed by atoms with van der Waals surface area (Å²) in [5, 5.41) is 0.665. The van der Waals surface area contributed by atoms with Crippen LogP contribution >= 0.6 is 22.9 Å². The first-order valence-electron chi connectivity index (χ1n) is 13.1. The van der Waals surface area contributed by atoms with Crippen LogP contribution < -0.4 is 24.4 Å². The summed E-state index contributed by atoms with van der Waals surface area (Å²) in [6, 6.07) is 21.7. The first kappa shape index (κ1) is 28.4. The van der Waals surface area contributed by atoms with Crippen molar-refractivity contribution in [3.05, 3.63) is 125 Å². The topological polar surface area (TPSA) is 79.1 Å². The highest BCUT2D eigenvalue weighted by molar-refractivity contribution is 7.07. The molecule has 41 heavy (non-hydrogen) atoms. The molecule has 0 saturated carbocycles. The molecule has 0 spiro atoms. The summed E-state index contributed by atoms with van der Waals surface area (Å²) in [5.41, 5.74) is 3.17. The van der Waals surface area contributed by atoms with Gasteiger partial charge in [-0.2, -0.15) is 0 Å². The van der Waals surface area contributed by atoms with Crippen molar-refractivity contribution in [3.63, 3.8) is 0 Å². The minimum absolute atomic E-state index is 0.244. The molecule has 1 aliphatic heterocycles. The van der Waals surface area contributed by atoms with Gasteiger partial charge in [0.15, 0.2) is 16.3 Å². The average molecular weight is 589 g/mol. The number of allylic oxidation sites excluding steroid dienone is 1. The Bertz CT molecular complexity index is 1790. The van der Waals surface area contributed by atoms with E-state index in [0.717, 1.165) is 16.7 Å². The highest BCUT2D eigenvalue weighted by Gasteiger charge is 2.33. The average Bonchev–Trinajstić information content (AvgIpc) is 3.26. The van der Waals surface area contributed by atoms with Gasteiger partial charge in [0.05, 0.1) is 35.1 Å². The molecule has 0 saturated heterocycles. The quantitative estimate of drug-likeness (QED) is 0.257. The molecule has 0 aliphatic carbocycles. The van der Waals surface area contributed by atoms with Crippen molar-refractivity contribution in [2.45, 2.75) is 39.5 Å². The van der Waals surface area contributed by atoms with Crippen molar-refractivity contribution >= 4 is 35.0 Å². The van der Waals surface area contributed by atoms with Gasteiger partial charge < -0.3 is 14.2 Å². The van der Waals surface area contributed by atoms with E-state index in [-0.39, 0.29) is 11.7 Å². The van der Waals surface area contributed by atoms with Crippen LogP contribution in [-0.2, 0) is 16.1 Å². The number of hydrogen-bond acceptors (Lipinski definition) is 7. The summed E-state index contributed by atoms with van der Waals surface area (Å²) >= 11 is 7.25. The molecule has 7 nitrogen and oxygen atoms in total. The van der Waals surface area contributed by atoms with E-state index in [4.69, 9.17) is 25.8 Å². The summed E-state index contributed by atoms with van der Waals surface area (Å²) in [7, 11) is 1.57. The van der Waals surface area contributed by atoms with Crippen molar-refractivity contribution in [1.82, 2.24) is 4.57 Å². The van der Waals surface area contributed by atoms with E-state index in [1.54, 1.807) is 38.5 Å². The molecule has 0 N–H and O–H groups in total. The maximum absolute atomic E-state index is 13.8. The standard InChI is InChI=1S/C32H29ClN2O5S/c1-19(2)40-31(37)28-20(3)34-32-35(29(28)23-8-6-5-7-9-23)30(36)27(41-32)17-22-12-15-25(26(16-22)38-4)39-18-21-10-13-24(33)14-11-21/h5-17,19,29H,18H2,1-4H3. The number of nitrogens with zero attached hydrogens (tertiary/aromatic N) is 2. The van der Waals surface area contributed by atoms with Crippen LogP contribution in [0.15, 0.2) is 93.9 Å². The molecule has 0 amide bonds. The lowest BCUT2D eigenvalue weighted by Gasteiger charge is -2.25. The number of carbonyl (C=O) groups is 1. The second-order valence-corrected chi connectivity index (χ2v) is 11.2. The van der Waals surface area contributed by atoms with Crippen LogP contribution in [0.25, 0.3) is 6.08 Å². The fourth-order valence-electron chi connectivity index (χ4n) is 4.60. The number of esters is 1. The highest BCUT2D eigenvalue weighted by atomic mass is 35.5. The van der Waals surface area contributed by atoms with Crippen molar-refractivity contribution in [2.75, 3.05) is 7.11 Å². The Hall–Kier alpha value is -4.14. The SMILES string of the molecule is COc1cc(C=c2sc3n(c2=O)C(c2ccccc2)C(C(=O)OC(C)C)=C(C)N=3)ccc1OCc1ccc(Cl)cc1. The lowest BCUT2D eigenvalue weighted by molar-refractivity contribution is -0.143. The van der Waals surface area contributed by atoms with E-state index in [0.29, 0.717) is 43.7 Å². The van der Waals surface area contributed by atoms with E-state index in [2.05, 4.69) is 4.99 Å². The van der Waals surface area contributed by atoms with Crippen LogP contribution in [0.1, 0.15) is 43.5 Å². The number of benzene rings is 3. The predicted molar refractivity (Wildman–Crippen MR) is 160 cm³/mol. The third-order valence-corrected chi connectivity index (χ3v) is 7.73. The molecular weight excluding hydrogens is 560 g/mol. The van der Waals surface area contributed by atoms with Crippen molar-refractivity contribution in [2.24, 2.45) is 4.99 Å². The Morgan fingerprint density at radius 1 is 1.07 bits per heavy atom. The molecule has 1 unspecified atom stereocenters. The summed E-state index contributed by atoms with van der Waals surface area (Å²) in [6.45, 7) is 5.72. The Labute approximate surface area is 246 Å².